The largest absolute Gasteiger partial charge is 0.346 e. The van der Waals surface area contributed by atoms with E-state index in [-0.39, 0.29) is 11.9 Å². The average Bonchev–Trinajstić information content (AvgIpc) is 3.13. The number of rotatable bonds is 5. The Morgan fingerprint density at radius 1 is 1.36 bits per heavy atom. The number of aromatic amines is 1. The van der Waals surface area contributed by atoms with Crippen LogP contribution in [0.25, 0.3) is 11.0 Å². The topological polar surface area (TPSA) is 87.0 Å². The van der Waals surface area contributed by atoms with Gasteiger partial charge in [0.15, 0.2) is 0 Å². The van der Waals surface area contributed by atoms with Gasteiger partial charge in [-0.1, -0.05) is 30.3 Å². The lowest BCUT2D eigenvalue weighted by Gasteiger charge is -2.27. The summed E-state index contributed by atoms with van der Waals surface area (Å²) in [6.45, 7) is 3.25. The number of nitrogens with zero attached hydrogens (tertiary/aromatic N) is 2. The molecule has 1 aliphatic heterocycles. The van der Waals surface area contributed by atoms with Crippen molar-refractivity contribution in [2.45, 2.75) is 13.0 Å². The molecule has 0 unspecified atom stereocenters. The molecule has 1 aromatic carbocycles. The fourth-order valence-electron chi connectivity index (χ4n) is 3.44. The SMILES string of the molecule is Cc1c[nH]c2nccc(N3C=C(C(=O)N[C@@H](CN)c4ccccc4)SCC3)c12. The zero-order valence-electron chi connectivity index (χ0n) is 15.7. The summed E-state index contributed by atoms with van der Waals surface area (Å²) < 4.78 is 0. The minimum atomic E-state index is -0.204. The van der Waals surface area contributed by atoms with Crippen molar-refractivity contribution in [2.75, 3.05) is 23.7 Å². The van der Waals surface area contributed by atoms with Crippen LogP contribution in [0.4, 0.5) is 5.69 Å². The fourth-order valence-corrected chi connectivity index (χ4v) is 4.34. The van der Waals surface area contributed by atoms with Gasteiger partial charge in [-0.05, 0) is 24.1 Å². The van der Waals surface area contributed by atoms with E-state index in [0.29, 0.717) is 11.4 Å². The molecule has 3 heterocycles. The molecule has 144 valence electrons. The van der Waals surface area contributed by atoms with Gasteiger partial charge in [0.2, 0.25) is 0 Å². The molecule has 0 bridgehead atoms. The van der Waals surface area contributed by atoms with E-state index < -0.39 is 0 Å². The van der Waals surface area contributed by atoms with E-state index in [4.69, 9.17) is 5.73 Å². The van der Waals surface area contributed by atoms with Crippen LogP contribution in [0.2, 0.25) is 0 Å². The number of amides is 1. The molecule has 1 amide bonds. The van der Waals surface area contributed by atoms with E-state index in [0.717, 1.165) is 40.1 Å². The standard InChI is InChI=1S/C21H23N5OS/c1-14-12-24-20-19(14)17(7-8-23-20)26-9-10-28-18(13-26)21(27)25-16(11-22)15-5-3-2-4-6-15/h2-8,12-13,16H,9-11,22H2,1H3,(H,23,24)(H,25,27)/t16-/m0/s1. The number of benzene rings is 1. The van der Waals surface area contributed by atoms with Gasteiger partial charge in [0.05, 0.1) is 16.6 Å². The average molecular weight is 394 g/mol. The zero-order chi connectivity index (χ0) is 19.5. The maximum Gasteiger partial charge on any atom is 0.259 e. The number of pyridine rings is 1. The first-order chi connectivity index (χ1) is 13.7. The van der Waals surface area contributed by atoms with Gasteiger partial charge in [-0.2, -0.15) is 0 Å². The van der Waals surface area contributed by atoms with E-state index in [1.165, 1.54) is 0 Å². The summed E-state index contributed by atoms with van der Waals surface area (Å²) in [4.78, 5) is 23.3. The van der Waals surface area contributed by atoms with Crippen molar-refractivity contribution in [2.24, 2.45) is 5.73 Å². The molecule has 2 aromatic heterocycles. The van der Waals surface area contributed by atoms with Crippen LogP contribution < -0.4 is 16.0 Å². The van der Waals surface area contributed by atoms with Crippen molar-refractivity contribution in [1.29, 1.82) is 0 Å². The summed E-state index contributed by atoms with van der Waals surface area (Å²) in [5.74, 6) is 0.746. The van der Waals surface area contributed by atoms with Gasteiger partial charge in [-0.25, -0.2) is 4.98 Å². The van der Waals surface area contributed by atoms with Crippen LogP contribution >= 0.6 is 11.8 Å². The van der Waals surface area contributed by atoms with Gasteiger partial charge in [0.1, 0.15) is 5.65 Å². The number of fused-ring (bicyclic) bond motifs is 1. The fraction of sp³-hybridized carbons (Fsp3) is 0.238. The van der Waals surface area contributed by atoms with Gasteiger partial charge < -0.3 is 20.9 Å². The second-order valence-corrected chi connectivity index (χ2v) is 7.87. The summed E-state index contributed by atoms with van der Waals surface area (Å²) in [5.41, 5.74) is 9.98. The second kappa shape index (κ2) is 8.08. The molecule has 1 aliphatic rings. The number of hydrogen-bond acceptors (Lipinski definition) is 5. The summed E-state index contributed by atoms with van der Waals surface area (Å²) in [6, 6.07) is 11.6. The highest BCUT2D eigenvalue weighted by Crippen LogP contribution is 2.32. The number of nitrogens with two attached hydrogens (primary N) is 1. The number of hydrogen-bond donors (Lipinski definition) is 3. The molecular formula is C21H23N5OS. The number of anilines is 1. The van der Waals surface area contributed by atoms with E-state index in [1.54, 1.807) is 18.0 Å². The van der Waals surface area contributed by atoms with Crippen LogP contribution in [0.5, 0.6) is 0 Å². The smallest absolute Gasteiger partial charge is 0.259 e. The third-order valence-corrected chi connectivity index (χ3v) is 5.88. The molecule has 1 atom stereocenters. The lowest BCUT2D eigenvalue weighted by atomic mass is 10.1. The van der Waals surface area contributed by atoms with Crippen molar-refractivity contribution in [3.05, 3.63) is 71.0 Å². The lowest BCUT2D eigenvalue weighted by Crippen LogP contribution is -2.36. The molecule has 0 saturated carbocycles. The minimum absolute atomic E-state index is 0.0925. The van der Waals surface area contributed by atoms with E-state index >= 15 is 0 Å². The van der Waals surface area contributed by atoms with E-state index in [9.17, 15) is 4.79 Å². The molecule has 0 spiro atoms. The van der Waals surface area contributed by atoms with Gasteiger partial charge in [0, 0.05) is 42.8 Å². The highest BCUT2D eigenvalue weighted by molar-refractivity contribution is 8.04. The number of aryl methyl sites for hydroxylation is 1. The van der Waals surface area contributed by atoms with E-state index in [2.05, 4.69) is 27.1 Å². The third-order valence-electron chi connectivity index (χ3n) is 4.89. The van der Waals surface area contributed by atoms with Crippen LogP contribution in [0.1, 0.15) is 17.2 Å². The maximum absolute atomic E-state index is 12.9. The Bertz CT molecular complexity index is 1010. The van der Waals surface area contributed by atoms with Crippen LogP contribution in [0.3, 0.4) is 0 Å². The Kier molecular flexibility index (Phi) is 5.36. The summed E-state index contributed by atoms with van der Waals surface area (Å²) in [5, 5.41) is 4.16. The Hall–Kier alpha value is -2.77. The normalized spacial score (nSPS) is 15.4. The van der Waals surface area contributed by atoms with Crippen LogP contribution in [-0.2, 0) is 4.79 Å². The predicted molar refractivity (Wildman–Crippen MR) is 115 cm³/mol. The number of carbonyl (C=O) groups is 1. The van der Waals surface area contributed by atoms with E-state index in [1.807, 2.05) is 48.8 Å². The third kappa shape index (κ3) is 3.63. The molecule has 0 radical (unpaired) electrons. The zero-order valence-corrected chi connectivity index (χ0v) is 16.5. The van der Waals surface area contributed by atoms with Gasteiger partial charge in [-0.3, -0.25) is 4.79 Å². The monoisotopic (exact) mass is 393 g/mol. The molecule has 0 fully saturated rings. The van der Waals surface area contributed by atoms with Crippen molar-refractivity contribution < 1.29 is 4.79 Å². The van der Waals surface area contributed by atoms with Crippen molar-refractivity contribution in [1.82, 2.24) is 15.3 Å². The second-order valence-electron chi connectivity index (χ2n) is 6.73. The van der Waals surface area contributed by atoms with Crippen LogP contribution in [0.15, 0.2) is 59.9 Å². The van der Waals surface area contributed by atoms with Crippen molar-refractivity contribution in [3.8, 4) is 0 Å². The first-order valence-electron chi connectivity index (χ1n) is 9.27. The summed E-state index contributed by atoms with van der Waals surface area (Å²) >= 11 is 1.57. The van der Waals surface area contributed by atoms with Crippen molar-refractivity contribution >= 4 is 34.4 Å². The van der Waals surface area contributed by atoms with Gasteiger partial charge in [0.25, 0.3) is 5.91 Å². The summed E-state index contributed by atoms with van der Waals surface area (Å²) in [7, 11) is 0. The molecule has 4 N–H and O–H groups in total. The van der Waals surface area contributed by atoms with Gasteiger partial charge >= 0.3 is 0 Å². The Balaban J connectivity index is 1.58. The highest BCUT2D eigenvalue weighted by Gasteiger charge is 2.22. The van der Waals surface area contributed by atoms with Crippen LogP contribution in [-0.4, -0.2) is 34.7 Å². The molecular weight excluding hydrogens is 370 g/mol. The Morgan fingerprint density at radius 2 is 2.18 bits per heavy atom. The lowest BCUT2D eigenvalue weighted by molar-refractivity contribution is -0.117. The highest BCUT2D eigenvalue weighted by atomic mass is 32.2. The number of carbonyl (C=O) groups excluding carboxylic acids is 1. The van der Waals surface area contributed by atoms with Gasteiger partial charge in [-0.15, -0.1) is 11.8 Å². The Labute approximate surface area is 168 Å². The molecule has 28 heavy (non-hydrogen) atoms. The molecule has 0 aliphatic carbocycles. The minimum Gasteiger partial charge on any atom is -0.346 e. The number of thioether (sulfide) groups is 1. The Morgan fingerprint density at radius 3 is 2.96 bits per heavy atom. The number of H-pyrrole nitrogens is 1. The predicted octanol–water partition coefficient (Wildman–Crippen LogP) is 3.08. The molecule has 3 aromatic rings. The molecule has 4 rings (SSSR count). The molecule has 0 saturated heterocycles. The van der Waals surface area contributed by atoms with Crippen LogP contribution in [0, 0.1) is 6.92 Å². The number of aromatic nitrogens is 2. The molecule has 6 nitrogen and oxygen atoms in total. The quantitative estimate of drug-likeness (QED) is 0.620. The first kappa shape index (κ1) is 18.6. The molecule has 7 heteroatoms. The van der Waals surface area contributed by atoms with Crippen molar-refractivity contribution in [3.63, 3.8) is 0 Å². The maximum atomic E-state index is 12.9. The summed E-state index contributed by atoms with van der Waals surface area (Å²) in [6.07, 6.45) is 5.69. The first-order valence-corrected chi connectivity index (χ1v) is 10.3. The number of nitrogens with one attached hydrogen (secondary N) is 2.